The molecule has 0 spiro atoms. The van der Waals surface area contributed by atoms with Gasteiger partial charge in [-0.2, -0.15) is 0 Å². The van der Waals surface area contributed by atoms with Gasteiger partial charge in [-0.1, -0.05) is 54.2 Å². The van der Waals surface area contributed by atoms with E-state index in [9.17, 15) is 9.18 Å². The highest BCUT2D eigenvalue weighted by atomic mass is 32.2. The fraction of sp³-hybridized carbons (Fsp3) is 0.167. The summed E-state index contributed by atoms with van der Waals surface area (Å²) in [6, 6.07) is 16.4. The summed E-state index contributed by atoms with van der Waals surface area (Å²) in [4.78, 5) is 11.1. The molecule has 0 unspecified atom stereocenters. The van der Waals surface area contributed by atoms with Crippen LogP contribution in [0.2, 0.25) is 0 Å². The minimum absolute atomic E-state index is 0.0980. The summed E-state index contributed by atoms with van der Waals surface area (Å²) in [6.45, 7) is 0.571. The number of thioether (sulfide) groups is 1. The lowest BCUT2D eigenvalue weighted by atomic mass is 10.1. The molecule has 128 valence electrons. The normalized spacial score (nSPS) is 10.8. The van der Waals surface area contributed by atoms with Crippen molar-refractivity contribution in [2.75, 3.05) is 5.75 Å². The molecule has 5 nitrogen and oxygen atoms in total. The lowest BCUT2D eigenvalue weighted by Crippen LogP contribution is -2.14. The van der Waals surface area contributed by atoms with Gasteiger partial charge in [0.2, 0.25) is 5.91 Å². The van der Waals surface area contributed by atoms with Crippen LogP contribution in [0.25, 0.3) is 11.4 Å². The molecule has 0 saturated heterocycles. The summed E-state index contributed by atoms with van der Waals surface area (Å²) in [5, 5.41) is 8.81. The third-order valence-electron chi connectivity index (χ3n) is 3.64. The molecule has 0 aliphatic carbocycles. The summed E-state index contributed by atoms with van der Waals surface area (Å²) >= 11 is 1.20. The Morgan fingerprint density at radius 2 is 1.80 bits per heavy atom. The zero-order chi connectivity index (χ0) is 17.6. The number of nitrogens with two attached hydrogens (primary N) is 1. The lowest BCUT2D eigenvalue weighted by Gasteiger charge is -2.10. The molecule has 2 N–H and O–H groups in total. The smallest absolute Gasteiger partial charge is 0.227 e. The molecule has 3 aromatic rings. The van der Waals surface area contributed by atoms with Gasteiger partial charge in [0.1, 0.15) is 5.82 Å². The van der Waals surface area contributed by atoms with Gasteiger partial charge in [-0.15, -0.1) is 10.2 Å². The van der Waals surface area contributed by atoms with Crippen molar-refractivity contribution in [2.24, 2.45) is 5.73 Å². The fourth-order valence-corrected chi connectivity index (χ4v) is 3.16. The second kappa shape index (κ2) is 7.94. The molecule has 0 aliphatic rings. The SMILES string of the molecule is NC(=O)CSc1nnc(-c2ccccc2F)n1CCc1ccccc1. The summed E-state index contributed by atoms with van der Waals surface area (Å²) in [6.07, 6.45) is 0.741. The summed E-state index contributed by atoms with van der Waals surface area (Å²) in [5.41, 5.74) is 6.76. The predicted molar refractivity (Wildman–Crippen MR) is 95.5 cm³/mol. The fourth-order valence-electron chi connectivity index (χ4n) is 2.46. The quantitative estimate of drug-likeness (QED) is 0.661. The van der Waals surface area contributed by atoms with E-state index in [2.05, 4.69) is 10.2 Å². The Morgan fingerprint density at radius 1 is 1.08 bits per heavy atom. The van der Waals surface area contributed by atoms with Crippen molar-refractivity contribution in [2.45, 2.75) is 18.1 Å². The molecule has 0 saturated carbocycles. The third kappa shape index (κ3) is 4.24. The average Bonchev–Trinajstić information content (AvgIpc) is 3.02. The number of aryl methyl sites for hydroxylation is 1. The Balaban J connectivity index is 1.92. The van der Waals surface area contributed by atoms with E-state index in [1.54, 1.807) is 18.2 Å². The van der Waals surface area contributed by atoms with E-state index in [-0.39, 0.29) is 11.6 Å². The van der Waals surface area contributed by atoms with E-state index in [1.807, 2.05) is 34.9 Å². The van der Waals surface area contributed by atoms with Crippen LogP contribution in [-0.2, 0) is 17.8 Å². The van der Waals surface area contributed by atoms with Crippen molar-refractivity contribution < 1.29 is 9.18 Å². The molecule has 1 heterocycles. The Morgan fingerprint density at radius 3 is 2.52 bits per heavy atom. The first kappa shape index (κ1) is 17.2. The van der Waals surface area contributed by atoms with Gasteiger partial charge < -0.3 is 10.3 Å². The van der Waals surface area contributed by atoms with Crippen molar-refractivity contribution >= 4 is 17.7 Å². The van der Waals surface area contributed by atoms with Crippen molar-refractivity contribution in [3.05, 3.63) is 66.0 Å². The number of amides is 1. The number of rotatable bonds is 7. The van der Waals surface area contributed by atoms with E-state index in [0.29, 0.717) is 23.1 Å². The van der Waals surface area contributed by atoms with Crippen LogP contribution in [0.5, 0.6) is 0 Å². The number of halogens is 1. The van der Waals surface area contributed by atoms with Gasteiger partial charge in [-0.05, 0) is 24.1 Å². The number of hydrogen-bond donors (Lipinski definition) is 1. The lowest BCUT2D eigenvalue weighted by molar-refractivity contribution is -0.115. The number of primary amides is 1. The highest BCUT2D eigenvalue weighted by Gasteiger charge is 2.17. The molecule has 0 fully saturated rings. The maximum Gasteiger partial charge on any atom is 0.227 e. The Bertz CT molecular complexity index is 867. The minimum atomic E-state index is -0.435. The molecule has 0 radical (unpaired) electrons. The molecule has 2 aromatic carbocycles. The largest absolute Gasteiger partial charge is 0.369 e. The monoisotopic (exact) mass is 356 g/mol. The number of nitrogens with zero attached hydrogens (tertiary/aromatic N) is 3. The van der Waals surface area contributed by atoms with Crippen LogP contribution in [0, 0.1) is 5.82 Å². The molecule has 1 aromatic heterocycles. The van der Waals surface area contributed by atoms with Gasteiger partial charge in [0.05, 0.1) is 11.3 Å². The Hall–Kier alpha value is -2.67. The zero-order valence-electron chi connectivity index (χ0n) is 13.4. The van der Waals surface area contributed by atoms with Crippen LogP contribution >= 0.6 is 11.8 Å². The maximum atomic E-state index is 14.2. The van der Waals surface area contributed by atoms with E-state index < -0.39 is 5.91 Å². The van der Waals surface area contributed by atoms with Gasteiger partial charge in [-0.3, -0.25) is 4.79 Å². The first-order chi connectivity index (χ1) is 12.1. The van der Waals surface area contributed by atoms with E-state index >= 15 is 0 Å². The van der Waals surface area contributed by atoms with E-state index in [0.717, 1.165) is 12.0 Å². The maximum absolute atomic E-state index is 14.2. The molecule has 0 aliphatic heterocycles. The van der Waals surface area contributed by atoms with E-state index in [4.69, 9.17) is 5.73 Å². The Labute approximate surface area is 149 Å². The second-order valence-electron chi connectivity index (χ2n) is 5.43. The van der Waals surface area contributed by atoms with Crippen LogP contribution in [0.15, 0.2) is 59.8 Å². The first-order valence-corrected chi connectivity index (χ1v) is 8.77. The van der Waals surface area contributed by atoms with Gasteiger partial charge >= 0.3 is 0 Å². The van der Waals surface area contributed by atoms with Crippen molar-refractivity contribution in [1.82, 2.24) is 14.8 Å². The van der Waals surface area contributed by atoms with Crippen molar-refractivity contribution in [3.8, 4) is 11.4 Å². The van der Waals surface area contributed by atoms with E-state index in [1.165, 1.54) is 17.8 Å². The first-order valence-electron chi connectivity index (χ1n) is 7.78. The molecule has 7 heteroatoms. The second-order valence-corrected chi connectivity index (χ2v) is 6.37. The van der Waals surface area contributed by atoms with Crippen molar-refractivity contribution in [3.63, 3.8) is 0 Å². The predicted octanol–water partition coefficient (Wildman–Crippen LogP) is 2.90. The highest BCUT2D eigenvalue weighted by molar-refractivity contribution is 7.99. The van der Waals surface area contributed by atoms with Gasteiger partial charge in [-0.25, -0.2) is 4.39 Å². The molecule has 3 rings (SSSR count). The van der Waals surface area contributed by atoms with Crippen LogP contribution in [0.3, 0.4) is 0 Å². The van der Waals surface area contributed by atoms with Crippen LogP contribution < -0.4 is 5.73 Å². The molecule has 1 amide bonds. The molecule has 0 bridgehead atoms. The third-order valence-corrected chi connectivity index (χ3v) is 4.63. The van der Waals surface area contributed by atoms with Crippen LogP contribution in [-0.4, -0.2) is 26.4 Å². The molecular formula is C18H17FN4OS. The van der Waals surface area contributed by atoms with Gasteiger partial charge in [0, 0.05) is 6.54 Å². The molecule has 0 atom stereocenters. The average molecular weight is 356 g/mol. The highest BCUT2D eigenvalue weighted by Crippen LogP contribution is 2.26. The Kier molecular flexibility index (Phi) is 5.45. The summed E-state index contributed by atoms with van der Waals surface area (Å²) < 4.78 is 16.0. The number of carbonyl (C=O) groups is 1. The number of carbonyl (C=O) groups excluding carboxylic acids is 1. The molecular weight excluding hydrogens is 339 g/mol. The van der Waals surface area contributed by atoms with Crippen LogP contribution in [0.1, 0.15) is 5.56 Å². The van der Waals surface area contributed by atoms with Crippen molar-refractivity contribution in [1.29, 1.82) is 0 Å². The standard InChI is InChI=1S/C18H17FN4OS/c19-15-9-5-4-8-14(15)17-21-22-18(25-12-16(20)24)23(17)11-10-13-6-2-1-3-7-13/h1-9H,10-12H2,(H2,20,24). The topological polar surface area (TPSA) is 73.8 Å². The summed E-state index contributed by atoms with van der Waals surface area (Å²) in [7, 11) is 0. The molecule has 25 heavy (non-hydrogen) atoms. The minimum Gasteiger partial charge on any atom is -0.369 e. The zero-order valence-corrected chi connectivity index (χ0v) is 14.2. The number of hydrogen-bond acceptors (Lipinski definition) is 4. The van der Waals surface area contributed by atoms with Gasteiger partial charge in [0.15, 0.2) is 11.0 Å². The number of benzene rings is 2. The number of aromatic nitrogens is 3. The van der Waals surface area contributed by atoms with Crippen LogP contribution in [0.4, 0.5) is 4.39 Å². The summed E-state index contributed by atoms with van der Waals surface area (Å²) in [5.74, 6) is -0.251. The van der Waals surface area contributed by atoms with Gasteiger partial charge in [0.25, 0.3) is 0 Å².